The molecule has 1 amide bonds. The minimum Gasteiger partial charge on any atom is -0.396 e. The van der Waals surface area contributed by atoms with Crippen molar-refractivity contribution in [3.8, 4) is 0 Å². The number of aliphatic hydroxyl groups is 1. The number of amides is 1. The highest BCUT2D eigenvalue weighted by atomic mass is 32.1. The SMILES string of the molecule is CN(C(=O)Cc1cccc2sccc12)[C@@H]1CCCC[C@H]1N1CCC(CO)C1. The lowest BCUT2D eigenvalue weighted by atomic mass is 9.88. The van der Waals surface area contributed by atoms with Crippen LogP contribution in [0.1, 0.15) is 37.7 Å². The quantitative estimate of drug-likeness (QED) is 0.855. The molecule has 146 valence electrons. The largest absolute Gasteiger partial charge is 0.396 e. The first-order valence-electron chi connectivity index (χ1n) is 10.2. The molecule has 1 N–H and O–H groups in total. The van der Waals surface area contributed by atoms with Crippen LogP contribution in [0.15, 0.2) is 29.6 Å². The molecule has 1 saturated heterocycles. The Labute approximate surface area is 165 Å². The summed E-state index contributed by atoms with van der Waals surface area (Å²) in [4.78, 5) is 17.7. The number of benzene rings is 1. The molecule has 27 heavy (non-hydrogen) atoms. The molecule has 3 atom stereocenters. The molecular formula is C22H30N2O2S. The minimum atomic E-state index is 0.225. The lowest BCUT2D eigenvalue weighted by Crippen LogP contribution is -2.53. The minimum absolute atomic E-state index is 0.225. The molecule has 4 nitrogen and oxygen atoms in total. The van der Waals surface area contributed by atoms with Crippen molar-refractivity contribution >= 4 is 27.3 Å². The standard InChI is InChI=1S/C22H30N2O2S/c1-23(22(26)13-17-5-4-8-21-18(17)10-12-27-21)19-6-2-3-7-20(19)24-11-9-16(14-24)15-25/h4-5,8,10,12,16,19-20,25H,2-3,6-7,9,11,13-15H2,1H3/t16?,19-,20-/m1/s1. The van der Waals surface area contributed by atoms with E-state index in [4.69, 9.17) is 0 Å². The van der Waals surface area contributed by atoms with E-state index in [1.165, 1.54) is 29.3 Å². The van der Waals surface area contributed by atoms with E-state index >= 15 is 0 Å². The van der Waals surface area contributed by atoms with Crippen LogP contribution in [0.2, 0.25) is 0 Å². The Balaban J connectivity index is 1.47. The maximum atomic E-state index is 13.1. The molecule has 1 saturated carbocycles. The fourth-order valence-corrected chi connectivity index (χ4v) is 5.80. The number of rotatable bonds is 5. The molecule has 2 heterocycles. The van der Waals surface area contributed by atoms with E-state index in [1.807, 2.05) is 11.9 Å². The van der Waals surface area contributed by atoms with Gasteiger partial charge in [0, 0.05) is 37.0 Å². The van der Waals surface area contributed by atoms with Crippen LogP contribution in [0, 0.1) is 5.92 Å². The topological polar surface area (TPSA) is 43.8 Å². The molecule has 1 aliphatic carbocycles. The van der Waals surface area contributed by atoms with Gasteiger partial charge in [0.15, 0.2) is 0 Å². The third-order valence-corrected chi connectivity index (χ3v) is 7.44. The fraction of sp³-hybridized carbons (Fsp3) is 0.591. The zero-order valence-corrected chi connectivity index (χ0v) is 17.0. The monoisotopic (exact) mass is 386 g/mol. The molecule has 2 aliphatic rings. The zero-order chi connectivity index (χ0) is 18.8. The van der Waals surface area contributed by atoms with Gasteiger partial charge in [0.05, 0.1) is 6.42 Å². The molecule has 2 fully saturated rings. The molecule has 0 spiro atoms. The first kappa shape index (κ1) is 18.9. The van der Waals surface area contributed by atoms with Crippen LogP contribution in [0.4, 0.5) is 0 Å². The molecule has 2 aromatic rings. The first-order chi connectivity index (χ1) is 13.2. The first-order valence-corrected chi connectivity index (χ1v) is 11.1. The van der Waals surface area contributed by atoms with Gasteiger partial charge in [0.2, 0.25) is 5.91 Å². The number of carbonyl (C=O) groups excluding carboxylic acids is 1. The third-order valence-electron chi connectivity index (χ3n) is 6.56. The average Bonchev–Trinajstić information content (AvgIpc) is 3.37. The second-order valence-corrected chi connectivity index (χ2v) is 9.13. The number of thiophene rings is 1. The van der Waals surface area contributed by atoms with Gasteiger partial charge < -0.3 is 10.0 Å². The van der Waals surface area contributed by atoms with Crippen LogP contribution in [-0.2, 0) is 11.2 Å². The highest BCUT2D eigenvalue weighted by Gasteiger charge is 2.37. The summed E-state index contributed by atoms with van der Waals surface area (Å²) in [5.74, 6) is 0.633. The number of fused-ring (bicyclic) bond motifs is 1. The Morgan fingerprint density at radius 3 is 2.93 bits per heavy atom. The number of likely N-dealkylation sites (tertiary alicyclic amines) is 1. The molecule has 1 aliphatic heterocycles. The average molecular weight is 387 g/mol. The van der Waals surface area contributed by atoms with Crippen molar-refractivity contribution in [1.29, 1.82) is 0 Å². The number of likely N-dealkylation sites (N-methyl/N-ethyl adjacent to an activating group) is 1. The van der Waals surface area contributed by atoms with Gasteiger partial charge >= 0.3 is 0 Å². The van der Waals surface area contributed by atoms with Gasteiger partial charge in [-0.15, -0.1) is 11.3 Å². The smallest absolute Gasteiger partial charge is 0.227 e. The molecule has 4 rings (SSSR count). The van der Waals surface area contributed by atoms with Crippen molar-refractivity contribution < 1.29 is 9.90 Å². The number of carbonyl (C=O) groups is 1. The van der Waals surface area contributed by atoms with Crippen molar-refractivity contribution in [3.63, 3.8) is 0 Å². The Bertz CT molecular complexity index is 789. The Hall–Kier alpha value is -1.43. The van der Waals surface area contributed by atoms with Crippen molar-refractivity contribution in [2.24, 2.45) is 5.92 Å². The summed E-state index contributed by atoms with van der Waals surface area (Å²) in [5.41, 5.74) is 1.14. The molecule has 5 heteroatoms. The van der Waals surface area contributed by atoms with E-state index in [2.05, 4.69) is 34.5 Å². The Morgan fingerprint density at radius 2 is 2.11 bits per heavy atom. The zero-order valence-electron chi connectivity index (χ0n) is 16.1. The summed E-state index contributed by atoms with van der Waals surface area (Å²) in [6.07, 6.45) is 6.27. The van der Waals surface area contributed by atoms with E-state index < -0.39 is 0 Å². The number of hydrogen-bond acceptors (Lipinski definition) is 4. The van der Waals surface area contributed by atoms with Gasteiger partial charge in [-0.05, 0) is 60.2 Å². The third kappa shape index (κ3) is 3.91. The van der Waals surface area contributed by atoms with Crippen LogP contribution in [0.3, 0.4) is 0 Å². The summed E-state index contributed by atoms with van der Waals surface area (Å²) in [6, 6.07) is 9.15. The fourth-order valence-electron chi connectivity index (χ4n) is 4.97. The molecule has 0 bridgehead atoms. The predicted molar refractivity (Wildman–Crippen MR) is 111 cm³/mol. The Morgan fingerprint density at radius 1 is 1.26 bits per heavy atom. The summed E-state index contributed by atoms with van der Waals surface area (Å²) in [6.45, 7) is 2.32. The van der Waals surface area contributed by atoms with Crippen LogP contribution in [0.25, 0.3) is 10.1 Å². The maximum absolute atomic E-state index is 13.1. The second kappa shape index (κ2) is 8.29. The van der Waals surface area contributed by atoms with Crippen LogP contribution >= 0.6 is 11.3 Å². The van der Waals surface area contributed by atoms with E-state index in [-0.39, 0.29) is 12.5 Å². The lowest BCUT2D eigenvalue weighted by molar-refractivity contribution is -0.133. The van der Waals surface area contributed by atoms with Gasteiger partial charge in [-0.1, -0.05) is 25.0 Å². The highest BCUT2D eigenvalue weighted by Crippen LogP contribution is 2.31. The van der Waals surface area contributed by atoms with Crippen LogP contribution < -0.4 is 0 Å². The van der Waals surface area contributed by atoms with E-state index in [0.29, 0.717) is 24.4 Å². The molecule has 1 unspecified atom stereocenters. The summed E-state index contributed by atoms with van der Waals surface area (Å²) < 4.78 is 1.26. The van der Waals surface area contributed by atoms with Gasteiger partial charge in [-0.25, -0.2) is 0 Å². The van der Waals surface area contributed by atoms with Gasteiger partial charge in [0.25, 0.3) is 0 Å². The highest BCUT2D eigenvalue weighted by molar-refractivity contribution is 7.17. The molecule has 1 aromatic carbocycles. The van der Waals surface area contributed by atoms with E-state index in [1.54, 1.807) is 11.3 Å². The lowest BCUT2D eigenvalue weighted by Gasteiger charge is -2.42. The van der Waals surface area contributed by atoms with Crippen LogP contribution in [-0.4, -0.2) is 59.6 Å². The van der Waals surface area contributed by atoms with Crippen LogP contribution in [0.5, 0.6) is 0 Å². The van der Waals surface area contributed by atoms with E-state index in [9.17, 15) is 9.90 Å². The number of nitrogens with zero attached hydrogens (tertiary/aromatic N) is 2. The molecule has 1 aromatic heterocycles. The second-order valence-electron chi connectivity index (χ2n) is 8.18. The van der Waals surface area contributed by atoms with Crippen molar-refractivity contribution in [2.75, 3.05) is 26.7 Å². The summed E-state index contributed by atoms with van der Waals surface area (Å²) >= 11 is 1.73. The maximum Gasteiger partial charge on any atom is 0.227 e. The van der Waals surface area contributed by atoms with Gasteiger partial charge in [-0.2, -0.15) is 0 Å². The van der Waals surface area contributed by atoms with Crippen molar-refractivity contribution in [1.82, 2.24) is 9.80 Å². The predicted octanol–water partition coefficient (Wildman–Crippen LogP) is 3.53. The van der Waals surface area contributed by atoms with Gasteiger partial charge in [0.1, 0.15) is 0 Å². The van der Waals surface area contributed by atoms with Gasteiger partial charge in [-0.3, -0.25) is 9.69 Å². The summed E-state index contributed by atoms with van der Waals surface area (Å²) in [7, 11) is 2.00. The molecular weight excluding hydrogens is 356 g/mol. The normalized spacial score (nSPS) is 26.5. The number of aliphatic hydroxyl groups excluding tert-OH is 1. The molecule has 0 radical (unpaired) electrons. The number of hydrogen-bond donors (Lipinski definition) is 1. The van der Waals surface area contributed by atoms with Crippen molar-refractivity contribution in [3.05, 3.63) is 35.2 Å². The summed E-state index contributed by atoms with van der Waals surface area (Å²) in [5, 5.41) is 12.8. The van der Waals surface area contributed by atoms with E-state index in [0.717, 1.165) is 31.5 Å². The van der Waals surface area contributed by atoms with Crippen molar-refractivity contribution in [2.45, 2.75) is 50.6 Å². The Kier molecular flexibility index (Phi) is 5.81.